The van der Waals surface area contributed by atoms with Crippen LogP contribution in [0.3, 0.4) is 0 Å². The topological polar surface area (TPSA) is 81.1 Å². The molecule has 2 heterocycles. The fourth-order valence-corrected chi connectivity index (χ4v) is 2.20. The van der Waals surface area contributed by atoms with E-state index in [1.54, 1.807) is 23.3 Å². The molecule has 0 radical (unpaired) electrons. The van der Waals surface area contributed by atoms with Gasteiger partial charge in [-0.15, -0.1) is 0 Å². The van der Waals surface area contributed by atoms with Gasteiger partial charge in [0.15, 0.2) is 0 Å². The molecule has 2 amide bonds. The number of imidazole rings is 1. The molecule has 23 heavy (non-hydrogen) atoms. The van der Waals surface area contributed by atoms with Crippen LogP contribution in [0.4, 0.5) is 4.79 Å². The van der Waals surface area contributed by atoms with Crippen molar-refractivity contribution in [3.8, 4) is 5.88 Å². The molecule has 0 atom stereocenters. The third-order valence-electron chi connectivity index (χ3n) is 3.25. The van der Waals surface area contributed by atoms with Gasteiger partial charge in [-0.05, 0) is 25.1 Å². The molecule has 0 bridgehead atoms. The second kappa shape index (κ2) is 6.78. The Kier molecular flexibility index (Phi) is 4.37. The minimum atomic E-state index is -0.334. The summed E-state index contributed by atoms with van der Waals surface area (Å²) in [5.74, 6) is 0.531. The number of fused-ring (bicyclic) bond motifs is 1. The van der Waals surface area contributed by atoms with Crippen molar-refractivity contribution in [2.45, 2.75) is 13.5 Å². The highest BCUT2D eigenvalue weighted by atomic mass is 16.5. The number of nitrogens with zero attached hydrogens (tertiary/aromatic N) is 3. The second-order valence-electron chi connectivity index (χ2n) is 4.80. The number of pyridine rings is 1. The lowest BCUT2D eigenvalue weighted by Gasteiger charge is -2.11. The van der Waals surface area contributed by atoms with Gasteiger partial charge in [0.2, 0.25) is 5.88 Å². The lowest BCUT2D eigenvalue weighted by atomic mass is 10.2. The van der Waals surface area contributed by atoms with E-state index in [2.05, 4.69) is 20.7 Å². The van der Waals surface area contributed by atoms with Crippen molar-refractivity contribution in [3.05, 3.63) is 54.5 Å². The molecule has 0 aliphatic rings. The standard InChI is InChI=1S/C16H17N5O2/c1-2-23-15-12(6-5-9-17-15)10-18-16(22)20-21-11-19-13-7-3-4-8-14(13)21/h3-9,11H,2,10H2,1H3,(H2,18,20,22). The van der Waals surface area contributed by atoms with Gasteiger partial charge in [0, 0.05) is 18.3 Å². The number of carbonyl (C=O) groups is 1. The molecular formula is C16H17N5O2. The zero-order chi connectivity index (χ0) is 16.1. The summed E-state index contributed by atoms with van der Waals surface area (Å²) in [5, 5.41) is 2.78. The van der Waals surface area contributed by atoms with E-state index in [1.807, 2.05) is 37.3 Å². The van der Waals surface area contributed by atoms with Crippen LogP contribution in [0, 0.1) is 0 Å². The zero-order valence-electron chi connectivity index (χ0n) is 12.7. The number of aromatic nitrogens is 3. The maximum Gasteiger partial charge on any atom is 0.334 e. The van der Waals surface area contributed by atoms with Gasteiger partial charge in [-0.3, -0.25) is 0 Å². The zero-order valence-corrected chi connectivity index (χ0v) is 12.7. The summed E-state index contributed by atoms with van der Waals surface area (Å²) in [6.45, 7) is 2.74. The molecule has 1 aromatic carbocycles. The lowest BCUT2D eigenvalue weighted by molar-refractivity contribution is 0.249. The second-order valence-corrected chi connectivity index (χ2v) is 4.80. The van der Waals surface area contributed by atoms with Gasteiger partial charge in [0.1, 0.15) is 6.33 Å². The number of carbonyl (C=O) groups excluding carboxylic acids is 1. The van der Waals surface area contributed by atoms with E-state index < -0.39 is 0 Å². The summed E-state index contributed by atoms with van der Waals surface area (Å²) >= 11 is 0. The van der Waals surface area contributed by atoms with Gasteiger partial charge in [-0.1, -0.05) is 18.2 Å². The fourth-order valence-electron chi connectivity index (χ4n) is 2.20. The van der Waals surface area contributed by atoms with E-state index in [0.29, 0.717) is 19.0 Å². The number of amides is 2. The van der Waals surface area contributed by atoms with Gasteiger partial charge < -0.3 is 10.1 Å². The van der Waals surface area contributed by atoms with Crippen LogP contribution < -0.4 is 15.5 Å². The normalized spacial score (nSPS) is 10.5. The average molecular weight is 311 g/mol. The van der Waals surface area contributed by atoms with Crippen LogP contribution in [0.1, 0.15) is 12.5 Å². The molecule has 7 nitrogen and oxygen atoms in total. The number of hydrogen-bond donors (Lipinski definition) is 2. The van der Waals surface area contributed by atoms with Gasteiger partial charge in [0.25, 0.3) is 0 Å². The highest BCUT2D eigenvalue weighted by Gasteiger charge is 2.08. The Hall–Kier alpha value is -3.09. The Morgan fingerprint density at radius 1 is 1.22 bits per heavy atom. The fraction of sp³-hybridized carbons (Fsp3) is 0.188. The van der Waals surface area contributed by atoms with Crippen molar-refractivity contribution in [2.75, 3.05) is 12.0 Å². The third-order valence-corrected chi connectivity index (χ3v) is 3.25. The number of nitrogens with one attached hydrogen (secondary N) is 2. The monoisotopic (exact) mass is 311 g/mol. The predicted molar refractivity (Wildman–Crippen MR) is 86.7 cm³/mol. The van der Waals surface area contributed by atoms with Crippen molar-refractivity contribution < 1.29 is 9.53 Å². The Balaban J connectivity index is 1.64. The molecule has 2 aromatic heterocycles. The molecule has 0 unspecified atom stereocenters. The van der Waals surface area contributed by atoms with Crippen LogP contribution in [0.2, 0.25) is 0 Å². The molecule has 7 heteroatoms. The number of urea groups is 1. The van der Waals surface area contributed by atoms with E-state index in [0.717, 1.165) is 16.6 Å². The van der Waals surface area contributed by atoms with E-state index in [9.17, 15) is 4.79 Å². The number of benzene rings is 1. The quantitative estimate of drug-likeness (QED) is 0.757. The first kappa shape index (κ1) is 14.8. The van der Waals surface area contributed by atoms with Gasteiger partial charge in [-0.25, -0.2) is 24.9 Å². The molecule has 3 aromatic rings. The van der Waals surface area contributed by atoms with E-state index in [4.69, 9.17) is 4.74 Å². The van der Waals surface area contributed by atoms with Gasteiger partial charge >= 0.3 is 6.03 Å². The Labute approximate surface area is 133 Å². The number of rotatable bonds is 5. The average Bonchev–Trinajstić information content (AvgIpc) is 2.98. The SMILES string of the molecule is CCOc1ncccc1CNC(=O)Nn1cnc2ccccc21. The molecule has 118 valence electrons. The minimum Gasteiger partial charge on any atom is -0.478 e. The minimum absolute atomic E-state index is 0.321. The first-order chi connectivity index (χ1) is 11.3. The largest absolute Gasteiger partial charge is 0.478 e. The molecular weight excluding hydrogens is 294 g/mol. The van der Waals surface area contributed by atoms with Crippen molar-refractivity contribution in [2.24, 2.45) is 0 Å². The highest BCUT2D eigenvalue weighted by Crippen LogP contribution is 2.14. The molecule has 0 saturated carbocycles. The summed E-state index contributed by atoms with van der Waals surface area (Å²) in [4.78, 5) is 20.4. The Morgan fingerprint density at radius 3 is 2.96 bits per heavy atom. The molecule has 3 rings (SSSR count). The van der Waals surface area contributed by atoms with Crippen molar-refractivity contribution in [1.29, 1.82) is 0 Å². The Morgan fingerprint density at radius 2 is 2.09 bits per heavy atom. The van der Waals surface area contributed by atoms with Crippen molar-refractivity contribution >= 4 is 17.1 Å². The van der Waals surface area contributed by atoms with E-state index >= 15 is 0 Å². The summed E-state index contributed by atoms with van der Waals surface area (Å²) in [7, 11) is 0. The van der Waals surface area contributed by atoms with Crippen LogP contribution in [0.25, 0.3) is 11.0 Å². The summed E-state index contributed by atoms with van der Waals surface area (Å²) < 4.78 is 7.02. The van der Waals surface area contributed by atoms with Gasteiger partial charge in [0.05, 0.1) is 17.6 Å². The van der Waals surface area contributed by atoms with Crippen LogP contribution in [0.5, 0.6) is 5.88 Å². The summed E-state index contributed by atoms with van der Waals surface area (Å²) in [6.07, 6.45) is 3.23. The molecule has 0 aliphatic carbocycles. The summed E-state index contributed by atoms with van der Waals surface area (Å²) in [6, 6.07) is 10.9. The number of para-hydroxylation sites is 2. The molecule has 0 spiro atoms. The smallest absolute Gasteiger partial charge is 0.334 e. The molecule has 2 N–H and O–H groups in total. The first-order valence-electron chi connectivity index (χ1n) is 7.31. The van der Waals surface area contributed by atoms with Crippen LogP contribution in [0.15, 0.2) is 48.9 Å². The first-order valence-corrected chi connectivity index (χ1v) is 7.31. The summed E-state index contributed by atoms with van der Waals surface area (Å²) in [5.41, 5.74) is 5.20. The van der Waals surface area contributed by atoms with Crippen LogP contribution >= 0.6 is 0 Å². The molecule has 0 saturated heterocycles. The van der Waals surface area contributed by atoms with E-state index in [1.165, 1.54) is 0 Å². The predicted octanol–water partition coefficient (Wildman–Crippen LogP) is 2.28. The highest BCUT2D eigenvalue weighted by molar-refractivity contribution is 5.85. The molecule has 0 aliphatic heterocycles. The van der Waals surface area contributed by atoms with Gasteiger partial charge in [-0.2, -0.15) is 0 Å². The maximum absolute atomic E-state index is 12.1. The third kappa shape index (κ3) is 3.39. The molecule has 0 fully saturated rings. The Bertz CT molecular complexity index is 815. The maximum atomic E-state index is 12.1. The number of hydrogen-bond acceptors (Lipinski definition) is 4. The lowest BCUT2D eigenvalue weighted by Crippen LogP contribution is -2.33. The van der Waals surface area contributed by atoms with Crippen LogP contribution in [-0.2, 0) is 6.54 Å². The van der Waals surface area contributed by atoms with Crippen molar-refractivity contribution in [3.63, 3.8) is 0 Å². The number of ether oxygens (including phenoxy) is 1. The van der Waals surface area contributed by atoms with E-state index in [-0.39, 0.29) is 6.03 Å². The van der Waals surface area contributed by atoms with Crippen LogP contribution in [-0.4, -0.2) is 27.3 Å². The van der Waals surface area contributed by atoms with Crippen molar-refractivity contribution in [1.82, 2.24) is 20.0 Å².